The van der Waals surface area contributed by atoms with Crippen LogP contribution in [0.4, 0.5) is 4.79 Å². The zero-order chi connectivity index (χ0) is 32.9. The Balaban J connectivity index is 1.31. The fourth-order valence-electron chi connectivity index (χ4n) is 6.55. The Morgan fingerprint density at radius 2 is 1.23 bits per heavy atom. The number of hydrogen-bond acceptors (Lipinski definition) is 4. The summed E-state index contributed by atoms with van der Waals surface area (Å²) < 4.78 is 5.41. The molecule has 5 nitrogen and oxygen atoms in total. The molecule has 0 saturated carbocycles. The topological polar surface area (TPSA) is 49.9 Å². The third-order valence-corrected chi connectivity index (χ3v) is 10.3. The van der Waals surface area contributed by atoms with E-state index in [9.17, 15) is 9.59 Å². The van der Waals surface area contributed by atoms with Crippen molar-refractivity contribution in [2.24, 2.45) is 0 Å². The van der Waals surface area contributed by atoms with E-state index in [2.05, 4.69) is 91.0 Å². The smallest absolute Gasteiger partial charge is 0.410 e. The first kappa shape index (κ1) is 32.4. The Morgan fingerprint density at radius 1 is 0.702 bits per heavy atom. The fourth-order valence-corrected chi connectivity index (χ4v) is 8.15. The third-order valence-electron chi connectivity index (χ3n) is 8.73. The Morgan fingerprint density at radius 3 is 1.81 bits per heavy atom. The highest BCUT2D eigenvalue weighted by molar-refractivity contribution is 8.00. The van der Waals surface area contributed by atoms with Crippen molar-refractivity contribution in [2.75, 3.05) is 25.4 Å². The lowest BCUT2D eigenvalue weighted by Gasteiger charge is -2.42. The van der Waals surface area contributed by atoms with Gasteiger partial charge in [0, 0.05) is 25.2 Å². The summed E-state index contributed by atoms with van der Waals surface area (Å²) in [5.74, 6) is 0.745. The lowest BCUT2D eigenvalue weighted by molar-refractivity contribution is -0.001000. The summed E-state index contributed by atoms with van der Waals surface area (Å²) in [5.41, 5.74) is 3.67. The van der Waals surface area contributed by atoms with Gasteiger partial charge < -0.3 is 14.5 Å². The van der Waals surface area contributed by atoms with E-state index in [1.807, 2.05) is 84.8 Å². The van der Waals surface area contributed by atoms with Gasteiger partial charge in [-0.05, 0) is 66.5 Å². The van der Waals surface area contributed by atoms with E-state index >= 15 is 0 Å². The Hall–Kier alpha value is -4.55. The lowest BCUT2D eigenvalue weighted by atomic mass is 9.84. The second-order valence-corrected chi connectivity index (χ2v) is 14.3. The number of nitrogens with zero attached hydrogens (tertiary/aromatic N) is 2. The number of thioether (sulfide) groups is 1. The second-order valence-electron chi connectivity index (χ2n) is 13.0. The van der Waals surface area contributed by atoms with E-state index in [4.69, 9.17) is 4.74 Å². The van der Waals surface area contributed by atoms with Gasteiger partial charge in [0.25, 0.3) is 5.91 Å². The molecule has 1 unspecified atom stereocenters. The minimum absolute atomic E-state index is 0.00417. The van der Waals surface area contributed by atoms with Gasteiger partial charge in [-0.2, -0.15) is 0 Å². The summed E-state index contributed by atoms with van der Waals surface area (Å²) in [6, 6.07) is 45.6. The highest BCUT2D eigenvalue weighted by atomic mass is 32.2. The van der Waals surface area contributed by atoms with E-state index in [0.29, 0.717) is 31.6 Å². The first-order chi connectivity index (χ1) is 22.8. The van der Waals surface area contributed by atoms with Crippen LogP contribution in [-0.2, 0) is 9.48 Å². The summed E-state index contributed by atoms with van der Waals surface area (Å²) in [6.07, 6.45) is 0.363. The number of carbonyl (C=O) groups is 2. The quantitative estimate of drug-likeness (QED) is 0.159. The van der Waals surface area contributed by atoms with Crippen molar-refractivity contribution in [3.8, 4) is 0 Å². The van der Waals surface area contributed by atoms with Crippen LogP contribution in [0.3, 0.4) is 0 Å². The van der Waals surface area contributed by atoms with Gasteiger partial charge in [0.15, 0.2) is 0 Å². The largest absolute Gasteiger partial charge is 0.444 e. The van der Waals surface area contributed by atoms with Gasteiger partial charge >= 0.3 is 6.09 Å². The zero-order valence-corrected chi connectivity index (χ0v) is 28.2. The number of carbonyl (C=O) groups excluding carboxylic acids is 2. The van der Waals surface area contributed by atoms with Crippen LogP contribution in [0.25, 0.3) is 10.8 Å². The molecule has 6 rings (SSSR count). The van der Waals surface area contributed by atoms with E-state index in [1.54, 1.807) is 0 Å². The van der Waals surface area contributed by atoms with Crippen LogP contribution in [0.2, 0.25) is 0 Å². The van der Waals surface area contributed by atoms with Gasteiger partial charge in [-0.1, -0.05) is 127 Å². The third kappa shape index (κ3) is 7.08. The highest BCUT2D eigenvalue weighted by Crippen LogP contribution is 2.48. The van der Waals surface area contributed by atoms with Crippen molar-refractivity contribution < 1.29 is 14.3 Å². The Bertz CT molecular complexity index is 1700. The minimum Gasteiger partial charge on any atom is -0.444 e. The van der Waals surface area contributed by atoms with Crippen LogP contribution < -0.4 is 0 Å². The van der Waals surface area contributed by atoms with Gasteiger partial charge in [0.1, 0.15) is 5.60 Å². The molecule has 0 radical (unpaired) electrons. The molecule has 5 aromatic carbocycles. The maximum atomic E-state index is 14.0. The van der Waals surface area contributed by atoms with E-state index in [1.165, 1.54) is 16.7 Å². The van der Waals surface area contributed by atoms with E-state index in [-0.39, 0.29) is 18.0 Å². The Labute approximate surface area is 282 Å². The second kappa shape index (κ2) is 14.1. The van der Waals surface area contributed by atoms with Crippen molar-refractivity contribution in [1.29, 1.82) is 0 Å². The van der Waals surface area contributed by atoms with Gasteiger partial charge in [-0.25, -0.2) is 4.79 Å². The Kier molecular flexibility index (Phi) is 9.69. The van der Waals surface area contributed by atoms with Gasteiger partial charge in [-0.3, -0.25) is 4.79 Å². The van der Waals surface area contributed by atoms with Crippen LogP contribution in [0.15, 0.2) is 133 Å². The lowest BCUT2D eigenvalue weighted by Crippen LogP contribution is -2.57. The normalized spacial score (nSPS) is 15.4. The number of amides is 2. The standard InChI is InChI=1S/C41H42N2O3S/c1-40(2,3)46-39(45)43-28-27-42(38(44)37-25-15-17-31-16-13-14-24-36(31)37)30-35(43)26-29-47-41(32-18-7-4-8-19-32,33-20-9-5-10-21-33)34-22-11-6-12-23-34/h4-25,35H,26-30H2,1-3H3. The molecule has 0 aliphatic carbocycles. The zero-order valence-electron chi connectivity index (χ0n) is 27.3. The molecule has 0 spiro atoms. The SMILES string of the molecule is CC(C)(C)OC(=O)N1CCN(C(=O)c2cccc3ccccc23)CC1CCSC(c1ccccc1)(c1ccccc1)c1ccccc1. The highest BCUT2D eigenvalue weighted by Gasteiger charge is 2.39. The van der Waals surface area contributed by atoms with E-state index < -0.39 is 10.3 Å². The number of benzene rings is 5. The van der Waals surface area contributed by atoms with Crippen LogP contribution in [-0.4, -0.2) is 58.8 Å². The predicted molar refractivity (Wildman–Crippen MR) is 193 cm³/mol. The predicted octanol–water partition coefficient (Wildman–Crippen LogP) is 9.02. The first-order valence-electron chi connectivity index (χ1n) is 16.3. The molecule has 1 fully saturated rings. The number of hydrogen-bond donors (Lipinski definition) is 0. The van der Waals surface area contributed by atoms with Crippen molar-refractivity contribution in [3.63, 3.8) is 0 Å². The molecule has 1 saturated heterocycles. The summed E-state index contributed by atoms with van der Waals surface area (Å²) in [7, 11) is 0. The van der Waals surface area contributed by atoms with Crippen molar-refractivity contribution in [2.45, 2.75) is 43.6 Å². The molecular formula is C41H42N2O3S. The first-order valence-corrected chi connectivity index (χ1v) is 17.3. The van der Waals surface area contributed by atoms with Crippen molar-refractivity contribution in [3.05, 3.63) is 156 Å². The molecule has 1 heterocycles. The summed E-state index contributed by atoms with van der Waals surface area (Å²) in [4.78, 5) is 31.4. The average molecular weight is 643 g/mol. The van der Waals surface area contributed by atoms with Gasteiger partial charge in [-0.15, -0.1) is 11.8 Å². The number of fused-ring (bicyclic) bond motifs is 1. The maximum absolute atomic E-state index is 14.0. The fraction of sp³-hybridized carbons (Fsp3) is 0.268. The summed E-state index contributed by atoms with van der Waals surface area (Å²) in [5, 5.41) is 1.98. The van der Waals surface area contributed by atoms with Gasteiger partial charge in [0.2, 0.25) is 0 Å². The monoisotopic (exact) mass is 642 g/mol. The molecule has 1 aliphatic heterocycles. The van der Waals surface area contributed by atoms with Crippen molar-refractivity contribution >= 4 is 34.5 Å². The summed E-state index contributed by atoms with van der Waals surface area (Å²) in [6.45, 7) is 6.99. The van der Waals surface area contributed by atoms with Gasteiger partial charge in [0.05, 0.1) is 10.8 Å². The van der Waals surface area contributed by atoms with E-state index in [0.717, 1.165) is 16.5 Å². The molecule has 2 amide bonds. The molecule has 240 valence electrons. The van der Waals surface area contributed by atoms with Crippen LogP contribution >= 0.6 is 11.8 Å². The number of ether oxygens (including phenoxy) is 1. The maximum Gasteiger partial charge on any atom is 0.410 e. The van der Waals surface area contributed by atoms with Crippen LogP contribution in [0.1, 0.15) is 54.2 Å². The molecule has 5 aromatic rings. The van der Waals surface area contributed by atoms with Crippen LogP contribution in [0, 0.1) is 0 Å². The molecule has 1 aliphatic rings. The molecular weight excluding hydrogens is 601 g/mol. The molecule has 1 atom stereocenters. The molecule has 0 N–H and O–H groups in total. The van der Waals surface area contributed by atoms with Crippen molar-refractivity contribution in [1.82, 2.24) is 9.80 Å². The number of piperazine rings is 1. The molecule has 0 bridgehead atoms. The molecule has 6 heteroatoms. The number of rotatable bonds is 8. The molecule has 0 aromatic heterocycles. The van der Waals surface area contributed by atoms with Crippen LogP contribution in [0.5, 0.6) is 0 Å². The summed E-state index contributed by atoms with van der Waals surface area (Å²) >= 11 is 1.87. The molecule has 47 heavy (non-hydrogen) atoms. The minimum atomic E-state index is -0.616. The average Bonchev–Trinajstić information content (AvgIpc) is 3.10.